The molecule has 0 bridgehead atoms. The number of amides is 15. The van der Waals surface area contributed by atoms with Crippen LogP contribution in [0.15, 0.2) is 103 Å². The average Bonchev–Trinajstić information content (AvgIpc) is 0.996. The maximum Gasteiger partial charge on any atom is 0.312 e. The number of benzene rings is 4. The number of H-pyrrole nitrogens is 2. The number of aromatic nitrogens is 2. The summed E-state index contributed by atoms with van der Waals surface area (Å²) in [6.07, 6.45) is 2.96. The maximum atomic E-state index is 15.0. The number of urea groups is 1. The number of carboxylic acid groups (broad SMARTS) is 1. The zero-order valence-corrected chi connectivity index (χ0v) is 63.8. The highest BCUT2D eigenvalue weighted by Crippen LogP contribution is 2.23. The molecule has 6 aromatic rings. The second-order valence-electron chi connectivity index (χ2n) is 27.9. The van der Waals surface area contributed by atoms with Crippen molar-refractivity contribution in [2.24, 2.45) is 29.0 Å². The summed E-state index contributed by atoms with van der Waals surface area (Å²) in [6.45, 7) is 5.67. The number of primary amides is 2. The fourth-order valence-electron chi connectivity index (χ4n) is 12.6. The number of hydrogen-bond acceptors (Lipinski definition) is 18. The Labute approximate surface area is 650 Å². The average molecular weight is 1570 g/mol. The molecule has 3 heterocycles. The molecule has 604 valence electrons. The molecule has 23 N–H and O–H groups in total. The van der Waals surface area contributed by atoms with Crippen LogP contribution in [0.4, 0.5) is 4.79 Å². The quantitative estimate of drug-likeness (QED) is 0.0350. The number of para-hydroxylation sites is 2. The molecule has 1 aliphatic heterocycles. The third-order valence-corrected chi connectivity index (χ3v) is 20.1. The Hall–Kier alpha value is -11.7. The van der Waals surface area contributed by atoms with E-state index in [4.69, 9.17) is 17.2 Å². The summed E-state index contributed by atoms with van der Waals surface area (Å²) in [5.74, 6) is -16.8. The minimum absolute atomic E-state index is 0.0489. The number of unbranched alkanes of at least 4 members (excludes halogenated alkanes) is 2. The van der Waals surface area contributed by atoms with Crippen molar-refractivity contribution in [3.05, 3.63) is 120 Å². The predicted molar refractivity (Wildman–Crippen MR) is 416 cm³/mol. The van der Waals surface area contributed by atoms with Crippen molar-refractivity contribution in [1.29, 1.82) is 0 Å². The maximum absolute atomic E-state index is 15.0. The molecule has 112 heavy (non-hydrogen) atoms. The van der Waals surface area contributed by atoms with Gasteiger partial charge in [0.15, 0.2) is 0 Å². The van der Waals surface area contributed by atoms with Gasteiger partial charge in [0.05, 0.1) is 25.3 Å². The van der Waals surface area contributed by atoms with Crippen LogP contribution in [0.25, 0.3) is 32.6 Å². The van der Waals surface area contributed by atoms with Crippen molar-refractivity contribution < 1.29 is 82.1 Å². The zero-order valence-electron chi connectivity index (χ0n) is 63.0. The third kappa shape index (κ3) is 26.0. The van der Waals surface area contributed by atoms with Gasteiger partial charge in [0.25, 0.3) is 0 Å². The van der Waals surface area contributed by atoms with Gasteiger partial charge in [0.1, 0.15) is 66.5 Å². The van der Waals surface area contributed by atoms with Crippen LogP contribution in [0.5, 0.6) is 0 Å². The first-order valence-corrected chi connectivity index (χ1v) is 38.3. The summed E-state index contributed by atoms with van der Waals surface area (Å²) in [5, 5.41) is 56.4. The third-order valence-electron chi connectivity index (χ3n) is 19.0. The monoisotopic (exact) mass is 1570 g/mol. The number of carbonyl (C=O) groups excluding carboxylic acids is 14. The number of thioether (sulfide) groups is 1. The summed E-state index contributed by atoms with van der Waals surface area (Å²) in [5.41, 5.74) is 20.0. The normalized spacial score (nSPS) is 23.1. The molecule has 0 unspecified atom stereocenters. The summed E-state index contributed by atoms with van der Waals surface area (Å²) < 4.78 is 0. The van der Waals surface area contributed by atoms with Crippen LogP contribution in [-0.4, -0.2) is 213 Å². The van der Waals surface area contributed by atoms with Gasteiger partial charge >= 0.3 is 12.0 Å². The number of hydrogen-bond donors (Lipinski definition) is 20. The van der Waals surface area contributed by atoms with Gasteiger partial charge in [-0.15, -0.1) is 11.8 Å². The number of nitrogens with two attached hydrogens (primary N) is 3. The molecule has 0 spiro atoms. The lowest BCUT2D eigenvalue weighted by Crippen LogP contribution is -2.61. The van der Waals surface area contributed by atoms with E-state index < -0.39 is 199 Å². The largest absolute Gasteiger partial charge is 0.481 e. The Bertz CT molecular complexity index is 4360. The molecular weight excluding hydrogens is 1470 g/mol. The highest BCUT2D eigenvalue weighted by Gasteiger charge is 2.39. The fourth-order valence-corrected chi connectivity index (χ4v) is 13.4. The van der Waals surface area contributed by atoms with Crippen molar-refractivity contribution in [2.45, 2.75) is 172 Å². The van der Waals surface area contributed by atoms with Gasteiger partial charge in [-0.25, -0.2) is 4.79 Å². The highest BCUT2D eigenvalue weighted by atomic mass is 32.2. The van der Waals surface area contributed by atoms with Crippen LogP contribution < -0.4 is 86.3 Å². The number of rotatable bonds is 22. The molecular formula is C76H102N18O17S. The Kier molecular flexibility index (Phi) is 33.7. The number of aliphatic hydroxyl groups is 1. The Morgan fingerprint density at radius 2 is 1.01 bits per heavy atom. The molecule has 0 radical (unpaired) electrons. The lowest BCUT2D eigenvalue weighted by Gasteiger charge is -2.29. The lowest BCUT2D eigenvalue weighted by molar-refractivity contribution is -0.141. The first-order chi connectivity index (χ1) is 53.5. The number of carboxylic acids is 1. The lowest BCUT2D eigenvalue weighted by atomic mass is 9.96. The van der Waals surface area contributed by atoms with Gasteiger partial charge in [-0.2, -0.15) is 0 Å². The smallest absolute Gasteiger partial charge is 0.312 e. The van der Waals surface area contributed by atoms with E-state index in [-0.39, 0.29) is 57.2 Å². The zero-order chi connectivity index (χ0) is 81.7. The van der Waals surface area contributed by atoms with Crippen LogP contribution >= 0.6 is 11.8 Å². The van der Waals surface area contributed by atoms with Crippen molar-refractivity contribution in [1.82, 2.24) is 79.1 Å². The number of nitrogens with one attached hydrogen (secondary N) is 15. The van der Waals surface area contributed by atoms with E-state index >= 15 is 14.4 Å². The molecule has 35 nitrogen and oxygen atoms in total. The number of carbonyl (C=O) groups is 15. The van der Waals surface area contributed by atoms with Gasteiger partial charge in [-0.05, 0) is 83.7 Å². The second-order valence-corrected chi connectivity index (χ2v) is 28.9. The number of fused-ring (bicyclic) bond motifs is 3. The molecule has 2 aromatic heterocycles. The van der Waals surface area contributed by atoms with Crippen molar-refractivity contribution in [3.63, 3.8) is 0 Å². The van der Waals surface area contributed by atoms with Crippen LogP contribution in [0, 0.1) is 11.8 Å². The molecule has 36 heteroatoms. The Balaban J connectivity index is 1.26. The van der Waals surface area contributed by atoms with Gasteiger partial charge in [-0.3, -0.25) is 67.1 Å². The minimum Gasteiger partial charge on any atom is -0.481 e. The SMILES string of the molecule is CCCC[C@@H]1NC(=O)[C@H](Cc2c[nH]c3ccccc23)NC(=O)[C@H](CC(=O)O)NC(=O)[C@H](CNC(N)=O)NC(=O)CNC(=O)[C@H](CO)NC(=O)[C@H]([C@@H](C)CC)NC(=O)[C@H](Cc2ccc3ccccc3c2)NC(=O)CSC[C@@H](C(N)=O)NC(=O)[C@H](C(C)C)NC(=O)[C@H](Cc2c[nH]c3ccccc23)NC(=O)[C@@H](CCCCN)NC1=O. The van der Waals surface area contributed by atoms with E-state index in [9.17, 15) is 67.7 Å². The molecule has 1 saturated heterocycles. The molecule has 0 saturated carbocycles. The summed E-state index contributed by atoms with van der Waals surface area (Å²) in [6, 6.07) is 8.03. The van der Waals surface area contributed by atoms with Gasteiger partial charge in [0, 0.05) is 65.8 Å². The van der Waals surface area contributed by atoms with Crippen molar-refractivity contribution >= 4 is 133 Å². The highest BCUT2D eigenvalue weighted by molar-refractivity contribution is 8.00. The Morgan fingerprint density at radius 1 is 0.518 bits per heavy atom. The van der Waals surface area contributed by atoms with E-state index in [0.29, 0.717) is 57.8 Å². The van der Waals surface area contributed by atoms with Crippen LogP contribution in [0.2, 0.25) is 0 Å². The first kappa shape index (κ1) is 87.6. The summed E-state index contributed by atoms with van der Waals surface area (Å²) >= 11 is 0.856. The second kappa shape index (κ2) is 43.1. The predicted octanol–water partition coefficient (Wildman–Crippen LogP) is -1.33. The molecule has 0 aliphatic carbocycles. The molecule has 12 atom stereocenters. The van der Waals surface area contributed by atoms with Gasteiger partial charge in [0.2, 0.25) is 76.8 Å². The van der Waals surface area contributed by atoms with E-state index in [2.05, 4.69) is 79.1 Å². The fraction of sp³-hybridized carbons (Fsp3) is 0.461. The van der Waals surface area contributed by atoms with Crippen LogP contribution in [0.3, 0.4) is 0 Å². The number of aliphatic carboxylic acids is 1. The Morgan fingerprint density at radius 3 is 1.56 bits per heavy atom. The van der Waals surface area contributed by atoms with Gasteiger partial charge in [-0.1, -0.05) is 133 Å². The molecule has 1 fully saturated rings. The summed E-state index contributed by atoms with van der Waals surface area (Å²) in [4.78, 5) is 218. The van der Waals surface area contributed by atoms with E-state index in [1.807, 2.05) is 37.3 Å². The van der Waals surface area contributed by atoms with E-state index in [1.54, 1.807) is 101 Å². The van der Waals surface area contributed by atoms with Crippen molar-refractivity contribution in [3.8, 4) is 0 Å². The molecule has 1 aliphatic rings. The van der Waals surface area contributed by atoms with Crippen LogP contribution in [0.1, 0.15) is 103 Å². The number of aliphatic hydroxyl groups excluding tert-OH is 1. The minimum atomic E-state index is -2.06. The molecule has 4 aromatic carbocycles. The number of aromatic amines is 2. The van der Waals surface area contributed by atoms with E-state index in [0.717, 1.165) is 22.5 Å². The van der Waals surface area contributed by atoms with Gasteiger partial charge < -0.3 is 107 Å². The topological polar surface area (TPSA) is 563 Å². The summed E-state index contributed by atoms with van der Waals surface area (Å²) in [7, 11) is 0. The standard InChI is InChI=1S/C76H102N18O17S/c1-6-8-21-51-67(102)86-52(24-15-16-27-77)68(103)88-55(31-46-34-81-50-23-14-12-20-48(46)50)72(107)93-63(40(3)4)74(109)92-59(65(78)100)38-112-39-61(97)84-53(29-42-25-26-43-17-9-10-18-44(43)28-42)71(106)94-64(41(5)7-2)75(110)91-58(37-95)66(101)82-36-60(96)85-57(35-83-76(79)111)73(108)90-56(32-62(98)99)70(105)89-54(69(104)87-51)30-45-33-80-49-22-13-11-19-47(45)49/h9-14,17-20,22-23,25-26,28,33-34,40-41,51-59,63-64,80-81,95H,6-8,15-16,21,24,27,29-32,35-39,77H2,1-5H3,(H2,78,100)(H,82,101)(H,84,97)(H,85,96)(H,86,102)(H,87,104)(H,88,103)(H,89,105)(H,90,108)(H,91,110)(H,92,109)(H,93,107)(H,94,106)(H,98,99)(H3,79,83,111)/t41-,51-,52+,53-,54-,55-,56-,57-,58-,59-,63-,64-/m0/s1. The van der Waals surface area contributed by atoms with Crippen LogP contribution in [-0.2, 0) is 86.4 Å². The molecule has 15 amide bonds. The van der Waals surface area contributed by atoms with Crippen molar-refractivity contribution in [2.75, 3.05) is 37.7 Å². The van der Waals surface area contributed by atoms with E-state index in [1.165, 1.54) is 0 Å². The first-order valence-electron chi connectivity index (χ1n) is 37.1. The molecule has 7 rings (SSSR count).